The molecule has 3 aromatic carbocycles. The first-order chi connectivity index (χ1) is 11.8. The minimum atomic E-state index is -0.179. The molecule has 4 heteroatoms. The number of carbonyl (C=O) groups excluding carboxylic acids is 1. The Morgan fingerprint density at radius 2 is 1.75 bits per heavy atom. The van der Waals surface area contributed by atoms with E-state index in [2.05, 4.69) is 28.5 Å². The lowest BCUT2D eigenvalue weighted by molar-refractivity contribution is -0.111. The van der Waals surface area contributed by atoms with E-state index in [9.17, 15) is 4.79 Å². The molecule has 24 heavy (non-hydrogen) atoms. The third-order valence-corrected chi connectivity index (χ3v) is 4.76. The summed E-state index contributed by atoms with van der Waals surface area (Å²) >= 11 is 1.50. The predicted molar refractivity (Wildman–Crippen MR) is 101 cm³/mol. The van der Waals surface area contributed by atoms with Crippen LogP contribution in [0.2, 0.25) is 0 Å². The van der Waals surface area contributed by atoms with Crippen molar-refractivity contribution in [2.45, 2.75) is 0 Å². The summed E-state index contributed by atoms with van der Waals surface area (Å²) in [5.74, 6) is -0.179. The van der Waals surface area contributed by atoms with Crippen molar-refractivity contribution >= 4 is 49.4 Å². The lowest BCUT2D eigenvalue weighted by Gasteiger charge is -1.96. The van der Waals surface area contributed by atoms with Crippen LogP contribution in [0.3, 0.4) is 0 Å². The second-order valence-corrected chi connectivity index (χ2v) is 6.39. The second kappa shape index (κ2) is 6.26. The van der Waals surface area contributed by atoms with Crippen LogP contribution in [0, 0.1) is 0 Å². The van der Waals surface area contributed by atoms with E-state index in [0.29, 0.717) is 5.13 Å². The van der Waals surface area contributed by atoms with Crippen LogP contribution in [0.4, 0.5) is 5.13 Å². The first-order valence-electron chi connectivity index (χ1n) is 7.62. The highest BCUT2D eigenvalue weighted by Gasteiger charge is 2.08. The molecule has 0 aliphatic rings. The molecule has 1 heterocycles. The average Bonchev–Trinajstić information content (AvgIpc) is 3.04. The van der Waals surface area contributed by atoms with Gasteiger partial charge in [0.1, 0.15) is 0 Å². The molecule has 0 radical (unpaired) electrons. The van der Waals surface area contributed by atoms with Crippen LogP contribution in [0.1, 0.15) is 5.56 Å². The number of nitrogens with zero attached hydrogens (tertiary/aromatic N) is 1. The molecule has 4 aromatic rings. The SMILES string of the molecule is O=C(C=Cc1ccccc1)Nc1nc2ccc3ccccc3c2s1. The van der Waals surface area contributed by atoms with E-state index < -0.39 is 0 Å². The summed E-state index contributed by atoms with van der Waals surface area (Å²) in [5.41, 5.74) is 1.89. The number of carbonyl (C=O) groups is 1. The molecule has 0 aliphatic heterocycles. The Morgan fingerprint density at radius 3 is 2.62 bits per heavy atom. The summed E-state index contributed by atoms with van der Waals surface area (Å²) in [7, 11) is 0. The Kier molecular flexibility index (Phi) is 3.81. The first-order valence-corrected chi connectivity index (χ1v) is 8.44. The van der Waals surface area contributed by atoms with Crippen LogP contribution in [-0.4, -0.2) is 10.9 Å². The van der Waals surface area contributed by atoms with Crippen molar-refractivity contribution in [3.05, 3.63) is 78.4 Å². The van der Waals surface area contributed by atoms with Crippen molar-refractivity contribution in [3.8, 4) is 0 Å². The second-order valence-electron chi connectivity index (χ2n) is 5.39. The summed E-state index contributed by atoms with van der Waals surface area (Å²) in [6, 6.07) is 22.0. The normalized spacial score (nSPS) is 11.3. The van der Waals surface area contributed by atoms with E-state index in [-0.39, 0.29) is 5.91 Å². The van der Waals surface area contributed by atoms with Gasteiger partial charge in [-0.3, -0.25) is 10.1 Å². The highest BCUT2D eigenvalue weighted by Crippen LogP contribution is 2.32. The van der Waals surface area contributed by atoms with Crippen LogP contribution >= 0.6 is 11.3 Å². The first kappa shape index (κ1) is 14.6. The van der Waals surface area contributed by atoms with Crippen molar-refractivity contribution in [3.63, 3.8) is 0 Å². The number of hydrogen-bond acceptors (Lipinski definition) is 3. The summed E-state index contributed by atoms with van der Waals surface area (Å²) < 4.78 is 1.09. The van der Waals surface area contributed by atoms with Crippen LogP contribution in [0.15, 0.2) is 72.8 Å². The topological polar surface area (TPSA) is 42.0 Å². The molecule has 1 N–H and O–H groups in total. The average molecular weight is 330 g/mol. The molecule has 0 unspecified atom stereocenters. The zero-order valence-electron chi connectivity index (χ0n) is 12.8. The van der Waals surface area contributed by atoms with Crippen molar-refractivity contribution in [2.75, 3.05) is 5.32 Å². The van der Waals surface area contributed by atoms with Gasteiger partial charge in [-0.05, 0) is 23.1 Å². The number of hydrogen-bond donors (Lipinski definition) is 1. The summed E-state index contributed by atoms with van der Waals surface area (Å²) in [5, 5.41) is 5.80. The molecule has 0 atom stereocenters. The van der Waals surface area contributed by atoms with Gasteiger partial charge in [-0.1, -0.05) is 72.0 Å². The van der Waals surface area contributed by atoms with E-state index in [1.807, 2.05) is 48.5 Å². The Morgan fingerprint density at radius 1 is 0.958 bits per heavy atom. The number of benzene rings is 3. The van der Waals surface area contributed by atoms with Crippen LogP contribution < -0.4 is 5.32 Å². The standard InChI is InChI=1S/C20H14N2OS/c23-18(13-10-14-6-2-1-3-7-14)22-20-21-17-12-11-15-8-4-5-9-16(15)19(17)24-20/h1-13H,(H,21,22,23). The molecule has 4 rings (SSSR count). The molecular formula is C20H14N2OS. The number of fused-ring (bicyclic) bond motifs is 3. The summed E-state index contributed by atoms with van der Waals surface area (Å²) in [4.78, 5) is 16.6. The minimum absolute atomic E-state index is 0.179. The maximum Gasteiger partial charge on any atom is 0.250 e. The van der Waals surface area contributed by atoms with Gasteiger partial charge in [0.15, 0.2) is 5.13 Å². The van der Waals surface area contributed by atoms with Crippen LogP contribution in [-0.2, 0) is 4.79 Å². The van der Waals surface area contributed by atoms with Gasteiger partial charge in [0.25, 0.3) is 0 Å². The molecule has 0 spiro atoms. The molecule has 1 aromatic heterocycles. The predicted octanol–water partition coefficient (Wildman–Crippen LogP) is 5.10. The molecule has 0 fully saturated rings. The van der Waals surface area contributed by atoms with Crippen molar-refractivity contribution < 1.29 is 4.79 Å². The Bertz CT molecular complexity index is 1050. The van der Waals surface area contributed by atoms with Crippen molar-refractivity contribution in [1.29, 1.82) is 0 Å². The van der Waals surface area contributed by atoms with Gasteiger partial charge in [-0.25, -0.2) is 4.98 Å². The third kappa shape index (κ3) is 2.92. The Labute approximate surface area is 143 Å². The maximum absolute atomic E-state index is 12.1. The van der Waals surface area contributed by atoms with Gasteiger partial charge < -0.3 is 0 Å². The molecule has 0 saturated carbocycles. The monoisotopic (exact) mass is 330 g/mol. The van der Waals surface area contributed by atoms with Gasteiger partial charge in [0.2, 0.25) is 5.91 Å². The quantitative estimate of drug-likeness (QED) is 0.531. The highest BCUT2D eigenvalue weighted by atomic mass is 32.1. The smallest absolute Gasteiger partial charge is 0.250 e. The molecule has 0 aliphatic carbocycles. The number of rotatable bonds is 3. The van der Waals surface area contributed by atoms with Crippen LogP contribution in [0.5, 0.6) is 0 Å². The minimum Gasteiger partial charge on any atom is -0.298 e. The number of aromatic nitrogens is 1. The summed E-state index contributed by atoms with van der Waals surface area (Å²) in [6.07, 6.45) is 3.32. The Balaban J connectivity index is 1.59. The molecule has 0 bridgehead atoms. The van der Waals surface area contributed by atoms with E-state index in [4.69, 9.17) is 0 Å². The lowest BCUT2D eigenvalue weighted by Crippen LogP contribution is -2.07. The van der Waals surface area contributed by atoms with Crippen LogP contribution in [0.25, 0.3) is 27.1 Å². The molecule has 0 saturated heterocycles. The van der Waals surface area contributed by atoms with E-state index in [1.165, 1.54) is 22.8 Å². The van der Waals surface area contributed by atoms with Gasteiger partial charge >= 0.3 is 0 Å². The number of thiazole rings is 1. The fraction of sp³-hybridized carbons (Fsp3) is 0. The number of nitrogens with one attached hydrogen (secondary N) is 1. The molecule has 1 amide bonds. The number of amides is 1. The van der Waals surface area contributed by atoms with Gasteiger partial charge in [-0.15, -0.1) is 0 Å². The zero-order chi connectivity index (χ0) is 16.4. The molecule has 3 nitrogen and oxygen atoms in total. The number of anilines is 1. The highest BCUT2D eigenvalue weighted by molar-refractivity contribution is 7.23. The Hall–Kier alpha value is -2.98. The lowest BCUT2D eigenvalue weighted by atomic mass is 10.1. The fourth-order valence-electron chi connectivity index (χ4n) is 2.59. The summed E-state index contributed by atoms with van der Waals surface area (Å²) in [6.45, 7) is 0. The largest absolute Gasteiger partial charge is 0.298 e. The van der Waals surface area contributed by atoms with Crippen molar-refractivity contribution in [1.82, 2.24) is 4.98 Å². The molecular weight excluding hydrogens is 316 g/mol. The van der Waals surface area contributed by atoms with E-state index in [0.717, 1.165) is 21.2 Å². The van der Waals surface area contributed by atoms with Gasteiger partial charge in [-0.2, -0.15) is 0 Å². The van der Waals surface area contributed by atoms with E-state index >= 15 is 0 Å². The third-order valence-electron chi connectivity index (χ3n) is 3.74. The van der Waals surface area contributed by atoms with Crippen molar-refractivity contribution in [2.24, 2.45) is 0 Å². The van der Waals surface area contributed by atoms with E-state index in [1.54, 1.807) is 6.08 Å². The molecule has 116 valence electrons. The zero-order valence-corrected chi connectivity index (χ0v) is 13.6. The fourth-order valence-corrected chi connectivity index (χ4v) is 3.60. The van der Waals surface area contributed by atoms with Gasteiger partial charge in [0, 0.05) is 11.5 Å². The van der Waals surface area contributed by atoms with Gasteiger partial charge in [0.05, 0.1) is 10.2 Å². The maximum atomic E-state index is 12.1.